The van der Waals surface area contributed by atoms with Crippen LogP contribution in [0.3, 0.4) is 0 Å². The van der Waals surface area contributed by atoms with Gasteiger partial charge in [0, 0.05) is 37.1 Å². The highest BCUT2D eigenvalue weighted by molar-refractivity contribution is 5.32. The Morgan fingerprint density at radius 2 is 2.20 bits per heavy atom. The van der Waals surface area contributed by atoms with Gasteiger partial charge in [-0.3, -0.25) is 4.98 Å². The Labute approximate surface area is 89.2 Å². The molecule has 0 bridgehead atoms. The molecule has 0 saturated heterocycles. The number of hydrogen-bond donors (Lipinski definition) is 1. The maximum absolute atomic E-state index is 4.24. The van der Waals surface area contributed by atoms with Crippen molar-refractivity contribution in [2.24, 2.45) is 0 Å². The number of anilines is 1. The van der Waals surface area contributed by atoms with Gasteiger partial charge in [-0.15, -0.1) is 0 Å². The van der Waals surface area contributed by atoms with Crippen molar-refractivity contribution < 1.29 is 0 Å². The summed E-state index contributed by atoms with van der Waals surface area (Å²) < 4.78 is 0. The normalized spacial score (nSPS) is 9.87. The highest BCUT2D eigenvalue weighted by Crippen LogP contribution is 2.00. The van der Waals surface area contributed by atoms with E-state index < -0.39 is 0 Å². The minimum absolute atomic E-state index is 0.841. The summed E-state index contributed by atoms with van der Waals surface area (Å²) >= 11 is 0. The fourth-order valence-electron chi connectivity index (χ4n) is 1.29. The summed E-state index contributed by atoms with van der Waals surface area (Å²) in [5.74, 6) is 0.879. The van der Waals surface area contributed by atoms with Crippen LogP contribution in [0.25, 0.3) is 0 Å². The second kappa shape index (κ2) is 5.10. The molecule has 15 heavy (non-hydrogen) atoms. The lowest BCUT2D eigenvalue weighted by Gasteiger charge is -2.03. The Balaban J connectivity index is 1.81. The fraction of sp³-hybridized carbons (Fsp3) is 0.167. The molecular weight excluding hydrogens is 186 g/mol. The summed E-state index contributed by atoms with van der Waals surface area (Å²) in [4.78, 5) is 8.37. The molecule has 0 aliphatic carbocycles. The average Bonchev–Trinajstić information content (AvgIpc) is 2.32. The number of pyridine rings is 2. The van der Waals surface area contributed by atoms with Crippen LogP contribution in [0.2, 0.25) is 0 Å². The maximum atomic E-state index is 4.24. The average molecular weight is 198 g/mol. The summed E-state index contributed by atoms with van der Waals surface area (Å²) in [6.45, 7) is 0.841. The molecule has 2 aromatic rings. The Hall–Kier alpha value is -1.90. The first-order valence-corrected chi connectivity index (χ1v) is 4.91. The number of aromatic nitrogens is 2. The Morgan fingerprint density at radius 3 is 2.93 bits per heavy atom. The van der Waals surface area contributed by atoms with Crippen molar-refractivity contribution >= 4 is 5.82 Å². The molecule has 75 valence electrons. The second-order valence-electron chi connectivity index (χ2n) is 3.14. The van der Waals surface area contributed by atoms with Crippen molar-refractivity contribution in [1.82, 2.24) is 9.97 Å². The van der Waals surface area contributed by atoms with E-state index >= 15 is 0 Å². The standard InChI is InChI=1S/C12H12N3/c1-3-8-13-11(5-1)7-10-15-12-6-2-4-9-14-12/h1-3,5-6,8-9H,7,10H2,(H,14,15). The topological polar surface area (TPSA) is 37.8 Å². The molecule has 3 heteroatoms. The molecule has 0 atom stereocenters. The Bertz CT molecular complexity index is 347. The highest BCUT2D eigenvalue weighted by atomic mass is 15.0. The SMILES string of the molecule is [c]1ccc(NCCc2ccccn2)nc1. The lowest BCUT2D eigenvalue weighted by atomic mass is 10.3. The minimum atomic E-state index is 0.841. The zero-order chi connectivity index (χ0) is 10.3. The molecular formula is C12H12N3. The van der Waals surface area contributed by atoms with E-state index in [9.17, 15) is 0 Å². The van der Waals surface area contributed by atoms with Crippen LogP contribution in [0, 0.1) is 6.07 Å². The number of rotatable bonds is 4. The van der Waals surface area contributed by atoms with E-state index in [2.05, 4.69) is 21.4 Å². The predicted molar refractivity (Wildman–Crippen MR) is 59.5 cm³/mol. The van der Waals surface area contributed by atoms with Crippen LogP contribution in [-0.4, -0.2) is 16.5 Å². The van der Waals surface area contributed by atoms with Crippen LogP contribution in [0.5, 0.6) is 0 Å². The Morgan fingerprint density at radius 1 is 1.20 bits per heavy atom. The van der Waals surface area contributed by atoms with Crippen molar-refractivity contribution in [3.63, 3.8) is 0 Å². The molecule has 2 heterocycles. The summed E-state index contributed by atoms with van der Waals surface area (Å²) in [5.41, 5.74) is 1.09. The van der Waals surface area contributed by atoms with Crippen LogP contribution in [0.1, 0.15) is 5.69 Å². The fourth-order valence-corrected chi connectivity index (χ4v) is 1.29. The first-order valence-electron chi connectivity index (χ1n) is 4.91. The van der Waals surface area contributed by atoms with Crippen LogP contribution >= 0.6 is 0 Å². The lowest BCUT2D eigenvalue weighted by Crippen LogP contribution is -2.06. The van der Waals surface area contributed by atoms with Gasteiger partial charge in [-0.1, -0.05) is 6.07 Å². The van der Waals surface area contributed by atoms with Gasteiger partial charge >= 0.3 is 0 Å². The van der Waals surface area contributed by atoms with E-state index in [1.54, 1.807) is 6.20 Å². The number of nitrogens with one attached hydrogen (secondary N) is 1. The van der Waals surface area contributed by atoms with E-state index in [0.29, 0.717) is 0 Å². The molecule has 1 N–H and O–H groups in total. The minimum Gasteiger partial charge on any atom is -0.370 e. The van der Waals surface area contributed by atoms with Gasteiger partial charge in [0.15, 0.2) is 0 Å². The summed E-state index contributed by atoms with van der Waals surface area (Å²) in [6, 6.07) is 12.6. The van der Waals surface area contributed by atoms with Crippen LogP contribution in [-0.2, 0) is 6.42 Å². The van der Waals surface area contributed by atoms with Crippen molar-refractivity contribution in [1.29, 1.82) is 0 Å². The molecule has 2 aromatic heterocycles. The van der Waals surface area contributed by atoms with Crippen LogP contribution in [0.15, 0.2) is 42.7 Å². The zero-order valence-corrected chi connectivity index (χ0v) is 8.35. The van der Waals surface area contributed by atoms with Gasteiger partial charge in [-0.2, -0.15) is 0 Å². The van der Waals surface area contributed by atoms with Gasteiger partial charge in [0.1, 0.15) is 5.82 Å². The summed E-state index contributed by atoms with van der Waals surface area (Å²) in [5, 5.41) is 3.22. The van der Waals surface area contributed by atoms with Crippen molar-refractivity contribution in [3.8, 4) is 0 Å². The van der Waals surface area contributed by atoms with E-state index in [-0.39, 0.29) is 0 Å². The highest BCUT2D eigenvalue weighted by Gasteiger charge is 1.93. The molecule has 2 rings (SSSR count). The second-order valence-corrected chi connectivity index (χ2v) is 3.14. The number of nitrogens with zero attached hydrogens (tertiary/aromatic N) is 2. The maximum Gasteiger partial charge on any atom is 0.125 e. The third-order valence-electron chi connectivity index (χ3n) is 2.03. The van der Waals surface area contributed by atoms with Crippen LogP contribution in [0.4, 0.5) is 5.82 Å². The van der Waals surface area contributed by atoms with Crippen LogP contribution < -0.4 is 5.32 Å². The molecule has 1 radical (unpaired) electrons. The number of hydrogen-bond acceptors (Lipinski definition) is 3. The molecule has 3 nitrogen and oxygen atoms in total. The van der Waals surface area contributed by atoms with E-state index in [4.69, 9.17) is 0 Å². The van der Waals surface area contributed by atoms with Gasteiger partial charge in [0.25, 0.3) is 0 Å². The van der Waals surface area contributed by atoms with E-state index in [1.165, 1.54) is 0 Å². The largest absolute Gasteiger partial charge is 0.370 e. The molecule has 0 aliphatic rings. The molecule has 0 saturated carbocycles. The smallest absolute Gasteiger partial charge is 0.125 e. The van der Waals surface area contributed by atoms with Crippen molar-refractivity contribution in [2.45, 2.75) is 6.42 Å². The first kappa shape index (κ1) is 9.65. The third-order valence-corrected chi connectivity index (χ3v) is 2.03. The van der Waals surface area contributed by atoms with Gasteiger partial charge in [-0.05, 0) is 24.3 Å². The third kappa shape index (κ3) is 3.06. The monoisotopic (exact) mass is 198 g/mol. The first-order chi connectivity index (χ1) is 7.45. The summed E-state index contributed by atoms with van der Waals surface area (Å²) in [7, 11) is 0. The molecule has 0 aromatic carbocycles. The summed E-state index contributed by atoms with van der Waals surface area (Å²) in [6.07, 6.45) is 4.37. The van der Waals surface area contributed by atoms with Crippen molar-refractivity contribution in [3.05, 3.63) is 54.5 Å². The molecule has 0 fully saturated rings. The predicted octanol–water partition coefficient (Wildman–Crippen LogP) is 1.93. The zero-order valence-electron chi connectivity index (χ0n) is 8.35. The Kier molecular flexibility index (Phi) is 3.28. The lowest BCUT2D eigenvalue weighted by molar-refractivity contribution is 0.954. The molecule has 0 unspecified atom stereocenters. The van der Waals surface area contributed by atoms with Gasteiger partial charge in [0.2, 0.25) is 0 Å². The van der Waals surface area contributed by atoms with Crippen molar-refractivity contribution in [2.75, 3.05) is 11.9 Å². The van der Waals surface area contributed by atoms with Gasteiger partial charge in [-0.25, -0.2) is 4.98 Å². The molecule has 0 spiro atoms. The molecule has 0 aliphatic heterocycles. The van der Waals surface area contributed by atoms with Gasteiger partial charge in [0.05, 0.1) is 0 Å². The van der Waals surface area contributed by atoms with E-state index in [1.807, 2.05) is 36.5 Å². The van der Waals surface area contributed by atoms with E-state index in [0.717, 1.165) is 24.5 Å². The molecule has 0 amide bonds. The van der Waals surface area contributed by atoms with Gasteiger partial charge < -0.3 is 5.32 Å². The quantitative estimate of drug-likeness (QED) is 0.815.